The molecule has 1 N–H and O–H groups in total. The van der Waals surface area contributed by atoms with Crippen LogP contribution in [0.25, 0.3) is 10.9 Å². The molecule has 0 radical (unpaired) electrons. The Labute approximate surface area is 163 Å². The lowest BCUT2D eigenvalue weighted by molar-refractivity contribution is -0.125. The number of pyridine rings is 1. The van der Waals surface area contributed by atoms with E-state index in [1.54, 1.807) is 12.1 Å². The van der Waals surface area contributed by atoms with Gasteiger partial charge in [-0.15, -0.1) is 0 Å². The van der Waals surface area contributed by atoms with Crippen LogP contribution in [-0.4, -0.2) is 33.8 Å². The zero-order valence-electron chi connectivity index (χ0n) is 16.2. The van der Waals surface area contributed by atoms with Crippen molar-refractivity contribution in [2.45, 2.75) is 26.3 Å². The summed E-state index contributed by atoms with van der Waals surface area (Å²) in [6.07, 6.45) is 3.60. The normalized spacial score (nSPS) is 17.1. The lowest BCUT2D eigenvalue weighted by Gasteiger charge is -2.33. The molecule has 0 saturated carbocycles. The van der Waals surface area contributed by atoms with Gasteiger partial charge in [0, 0.05) is 38.3 Å². The second-order valence-corrected chi connectivity index (χ2v) is 7.37. The minimum absolute atomic E-state index is 0.0300. The maximum absolute atomic E-state index is 13.0. The van der Waals surface area contributed by atoms with E-state index in [0.717, 1.165) is 47.4 Å². The van der Waals surface area contributed by atoms with Crippen LogP contribution >= 0.6 is 0 Å². The first-order valence-corrected chi connectivity index (χ1v) is 9.58. The first kappa shape index (κ1) is 18.4. The molecule has 1 saturated heterocycles. The molecule has 1 atom stereocenters. The predicted molar refractivity (Wildman–Crippen MR) is 106 cm³/mol. The molecule has 146 valence electrons. The van der Waals surface area contributed by atoms with Crippen molar-refractivity contribution in [2.24, 2.45) is 13.0 Å². The summed E-state index contributed by atoms with van der Waals surface area (Å²) in [5.41, 5.74) is 2.87. The average molecular weight is 381 g/mol. The molecule has 1 fully saturated rings. The van der Waals surface area contributed by atoms with Gasteiger partial charge in [-0.25, -0.2) is 9.37 Å². The van der Waals surface area contributed by atoms with Gasteiger partial charge in [-0.05, 0) is 43.5 Å². The third kappa shape index (κ3) is 3.56. The smallest absolute Gasteiger partial charge is 0.225 e. The molecule has 1 amide bonds. The van der Waals surface area contributed by atoms with Gasteiger partial charge in [-0.1, -0.05) is 12.1 Å². The van der Waals surface area contributed by atoms with Crippen LogP contribution < -0.4 is 10.2 Å². The summed E-state index contributed by atoms with van der Waals surface area (Å²) in [5.74, 6) is 0.546. The van der Waals surface area contributed by atoms with Gasteiger partial charge in [-0.3, -0.25) is 9.48 Å². The molecule has 0 unspecified atom stereocenters. The molecular weight excluding hydrogens is 357 g/mol. The van der Waals surface area contributed by atoms with E-state index in [9.17, 15) is 9.18 Å². The topological polar surface area (TPSA) is 63.1 Å². The number of amides is 1. The van der Waals surface area contributed by atoms with E-state index < -0.39 is 0 Å². The number of aromatic nitrogens is 3. The van der Waals surface area contributed by atoms with Crippen LogP contribution in [-0.2, 0) is 18.4 Å². The molecule has 6 nitrogen and oxygen atoms in total. The Morgan fingerprint density at radius 1 is 1.29 bits per heavy atom. The molecule has 1 aromatic carbocycles. The van der Waals surface area contributed by atoms with E-state index in [1.165, 1.54) is 12.1 Å². The Balaban J connectivity index is 1.47. The van der Waals surface area contributed by atoms with Gasteiger partial charge < -0.3 is 10.2 Å². The molecule has 0 bridgehead atoms. The van der Waals surface area contributed by atoms with Crippen molar-refractivity contribution in [2.75, 3.05) is 18.0 Å². The van der Waals surface area contributed by atoms with E-state index in [4.69, 9.17) is 0 Å². The number of piperidine rings is 1. The summed E-state index contributed by atoms with van der Waals surface area (Å²) in [4.78, 5) is 19.5. The number of aryl methyl sites for hydroxylation is 2. The zero-order chi connectivity index (χ0) is 19.7. The third-order valence-electron chi connectivity index (χ3n) is 5.39. The van der Waals surface area contributed by atoms with Crippen molar-refractivity contribution in [3.05, 3.63) is 53.6 Å². The monoisotopic (exact) mass is 381 g/mol. The minimum atomic E-state index is -0.273. The number of hydrogen-bond donors (Lipinski definition) is 1. The highest BCUT2D eigenvalue weighted by atomic mass is 19.1. The number of anilines is 1. The van der Waals surface area contributed by atoms with Gasteiger partial charge in [0.05, 0.1) is 11.6 Å². The standard InChI is InChI=1S/C21H24FN5O/c1-14-18-9-10-23-20(19(18)26(2)25-14)27-11-3-4-16(13-27)21(28)24-12-15-5-7-17(22)8-6-15/h5-10,16H,3-4,11-13H2,1-2H3,(H,24,28)/t16-/m1/s1. The zero-order valence-corrected chi connectivity index (χ0v) is 16.2. The van der Waals surface area contributed by atoms with Gasteiger partial charge in [0.25, 0.3) is 0 Å². The lowest BCUT2D eigenvalue weighted by atomic mass is 9.97. The van der Waals surface area contributed by atoms with Crippen molar-refractivity contribution in [3.63, 3.8) is 0 Å². The highest BCUT2D eigenvalue weighted by Gasteiger charge is 2.28. The average Bonchev–Trinajstić information content (AvgIpc) is 3.01. The molecule has 1 aliphatic rings. The van der Waals surface area contributed by atoms with Crippen LogP contribution in [0.2, 0.25) is 0 Å². The molecule has 7 heteroatoms. The van der Waals surface area contributed by atoms with E-state index in [1.807, 2.05) is 30.9 Å². The summed E-state index contributed by atoms with van der Waals surface area (Å²) in [5, 5.41) is 8.59. The number of fused-ring (bicyclic) bond motifs is 1. The number of nitrogens with one attached hydrogen (secondary N) is 1. The number of nitrogens with zero attached hydrogens (tertiary/aromatic N) is 4. The molecule has 0 spiro atoms. The number of hydrogen-bond acceptors (Lipinski definition) is 4. The Kier molecular flexibility index (Phi) is 4.98. The van der Waals surface area contributed by atoms with Gasteiger partial charge in [0.1, 0.15) is 11.3 Å². The number of rotatable bonds is 4. The first-order chi connectivity index (χ1) is 13.5. The van der Waals surface area contributed by atoms with Gasteiger partial charge in [0.15, 0.2) is 5.82 Å². The quantitative estimate of drug-likeness (QED) is 0.755. The van der Waals surface area contributed by atoms with E-state index in [0.29, 0.717) is 13.1 Å². The largest absolute Gasteiger partial charge is 0.354 e. The van der Waals surface area contributed by atoms with Crippen molar-refractivity contribution < 1.29 is 9.18 Å². The van der Waals surface area contributed by atoms with Crippen molar-refractivity contribution in [3.8, 4) is 0 Å². The van der Waals surface area contributed by atoms with Crippen LogP contribution in [0.1, 0.15) is 24.1 Å². The Morgan fingerprint density at radius 3 is 2.86 bits per heavy atom. The van der Waals surface area contributed by atoms with Gasteiger partial charge in [0.2, 0.25) is 5.91 Å². The fourth-order valence-electron chi connectivity index (χ4n) is 3.93. The van der Waals surface area contributed by atoms with Crippen molar-refractivity contribution in [1.29, 1.82) is 0 Å². The molecule has 0 aliphatic carbocycles. The third-order valence-corrected chi connectivity index (χ3v) is 5.39. The SMILES string of the molecule is Cc1nn(C)c2c(N3CCC[C@@H](C(=O)NCc4ccc(F)cc4)C3)nccc12. The number of carbonyl (C=O) groups excluding carboxylic acids is 1. The van der Waals surface area contributed by atoms with Crippen LogP contribution in [0.15, 0.2) is 36.5 Å². The van der Waals surface area contributed by atoms with Crippen LogP contribution in [0, 0.1) is 18.7 Å². The van der Waals surface area contributed by atoms with Crippen molar-refractivity contribution in [1.82, 2.24) is 20.1 Å². The van der Waals surface area contributed by atoms with E-state index in [-0.39, 0.29) is 17.6 Å². The molecule has 3 heterocycles. The summed E-state index contributed by atoms with van der Waals surface area (Å²) >= 11 is 0. The number of carbonyl (C=O) groups is 1. The minimum Gasteiger partial charge on any atom is -0.354 e. The molecule has 1 aliphatic heterocycles. The second-order valence-electron chi connectivity index (χ2n) is 7.37. The highest BCUT2D eigenvalue weighted by molar-refractivity contribution is 5.91. The second kappa shape index (κ2) is 7.58. The maximum atomic E-state index is 13.0. The lowest BCUT2D eigenvalue weighted by Crippen LogP contribution is -2.43. The predicted octanol–water partition coefficient (Wildman–Crippen LogP) is 2.95. The first-order valence-electron chi connectivity index (χ1n) is 9.58. The van der Waals surface area contributed by atoms with E-state index >= 15 is 0 Å². The molecular formula is C21H24FN5O. The number of benzene rings is 1. The highest BCUT2D eigenvalue weighted by Crippen LogP contribution is 2.29. The fourth-order valence-corrected chi connectivity index (χ4v) is 3.93. The Bertz CT molecular complexity index is 998. The molecule has 2 aromatic heterocycles. The summed E-state index contributed by atoms with van der Waals surface area (Å²) < 4.78 is 14.9. The van der Waals surface area contributed by atoms with Crippen LogP contribution in [0.5, 0.6) is 0 Å². The molecule has 28 heavy (non-hydrogen) atoms. The molecule has 3 aromatic rings. The van der Waals surface area contributed by atoms with Crippen LogP contribution in [0.3, 0.4) is 0 Å². The summed E-state index contributed by atoms with van der Waals surface area (Å²) in [6.45, 7) is 3.90. The number of halogens is 1. The Hall–Kier alpha value is -2.96. The summed E-state index contributed by atoms with van der Waals surface area (Å²) in [7, 11) is 1.93. The Morgan fingerprint density at radius 2 is 2.07 bits per heavy atom. The van der Waals surface area contributed by atoms with Gasteiger partial charge in [-0.2, -0.15) is 5.10 Å². The fraction of sp³-hybridized carbons (Fsp3) is 0.381. The van der Waals surface area contributed by atoms with E-state index in [2.05, 4.69) is 20.3 Å². The maximum Gasteiger partial charge on any atom is 0.225 e. The van der Waals surface area contributed by atoms with Crippen LogP contribution in [0.4, 0.5) is 10.2 Å². The summed E-state index contributed by atoms with van der Waals surface area (Å²) in [6, 6.07) is 8.19. The van der Waals surface area contributed by atoms with Gasteiger partial charge >= 0.3 is 0 Å². The molecule has 4 rings (SSSR count). The van der Waals surface area contributed by atoms with Crippen molar-refractivity contribution >= 4 is 22.6 Å².